The number of hydrogen-bond donors (Lipinski definition) is 4. The fourth-order valence-corrected chi connectivity index (χ4v) is 9.05. The molecule has 0 bridgehead atoms. The van der Waals surface area contributed by atoms with Crippen molar-refractivity contribution in [3.63, 3.8) is 0 Å². The third-order valence-corrected chi connectivity index (χ3v) is 12.6. The van der Waals surface area contributed by atoms with Crippen LogP contribution in [0.2, 0.25) is 0 Å². The molecule has 6 amide bonds. The number of amides is 6. The van der Waals surface area contributed by atoms with Gasteiger partial charge < -0.3 is 26.2 Å². The summed E-state index contributed by atoms with van der Waals surface area (Å²) in [6.45, 7) is 22.1. The molecular weight excluding hydrogens is 709 g/mol. The van der Waals surface area contributed by atoms with Crippen LogP contribution in [0.3, 0.4) is 0 Å². The number of rotatable bonds is 17. The molecule has 304 valence electrons. The van der Waals surface area contributed by atoms with E-state index in [0.717, 1.165) is 25.7 Å². The molecule has 2 aliphatic heterocycles. The lowest BCUT2D eigenvalue weighted by molar-refractivity contribution is -0.144. The Bertz CT molecular complexity index is 1420. The van der Waals surface area contributed by atoms with Gasteiger partial charge in [0.15, 0.2) is 0 Å². The standard InChI is InChI=1S/C40H66N6O7S/c1-10-12-17-29(33(48)36(50)41-21-11-2)42-35(49)32-27(5)28(23-26(3)4)24-45(32)37(51)34(40(9)19-14-13-15-20-40)44-38(52)43-30(39(6,7)8)25-46-31(47)18-16-22-54(46)53/h11,26,28-30,32,34H,2,5,10,12-25H2,1,3-4,6-9H3,(H,41,50)(H,42,49)(H2,43,44,52)/t28-,29?,30+,32-,34+,54?/m0/s1. The van der Waals surface area contributed by atoms with Crippen LogP contribution < -0.4 is 21.3 Å². The van der Waals surface area contributed by atoms with E-state index in [1.165, 1.54) is 15.3 Å². The van der Waals surface area contributed by atoms with Crippen molar-refractivity contribution >= 4 is 46.4 Å². The third kappa shape index (κ3) is 11.7. The maximum absolute atomic E-state index is 15.0. The Morgan fingerprint density at radius 2 is 1.70 bits per heavy atom. The number of hydrogen-bond acceptors (Lipinski definition) is 7. The maximum Gasteiger partial charge on any atom is 0.315 e. The largest absolute Gasteiger partial charge is 0.346 e. The van der Waals surface area contributed by atoms with Crippen LogP contribution in [0, 0.1) is 22.7 Å². The van der Waals surface area contributed by atoms with E-state index in [2.05, 4.69) is 48.3 Å². The lowest BCUT2D eigenvalue weighted by Gasteiger charge is -2.43. The van der Waals surface area contributed by atoms with Crippen molar-refractivity contribution in [2.24, 2.45) is 22.7 Å². The first-order chi connectivity index (χ1) is 25.3. The highest BCUT2D eigenvalue weighted by Crippen LogP contribution is 2.41. The Kier molecular flexibility index (Phi) is 16.5. The van der Waals surface area contributed by atoms with Gasteiger partial charge in [0, 0.05) is 25.3 Å². The first kappa shape index (κ1) is 44.8. The third-order valence-electron chi connectivity index (χ3n) is 11.1. The number of carbonyl (C=O) groups is 6. The first-order valence-corrected chi connectivity index (χ1v) is 21.1. The quantitative estimate of drug-likeness (QED) is 0.126. The molecule has 4 N–H and O–H groups in total. The molecule has 54 heavy (non-hydrogen) atoms. The predicted molar refractivity (Wildman–Crippen MR) is 211 cm³/mol. The minimum atomic E-state index is -1.48. The van der Waals surface area contributed by atoms with Gasteiger partial charge in [0.1, 0.15) is 23.1 Å². The molecule has 0 aromatic heterocycles. The van der Waals surface area contributed by atoms with Gasteiger partial charge in [0.2, 0.25) is 23.5 Å². The van der Waals surface area contributed by atoms with E-state index in [9.17, 15) is 28.2 Å². The summed E-state index contributed by atoms with van der Waals surface area (Å²) in [6, 6.07) is -4.39. The Morgan fingerprint density at radius 3 is 2.28 bits per heavy atom. The molecule has 14 heteroatoms. The average Bonchev–Trinajstić information content (AvgIpc) is 3.42. The molecule has 0 radical (unpaired) electrons. The molecule has 2 saturated heterocycles. The number of unbranched alkanes of at least 4 members (excludes halogenated alkanes) is 1. The summed E-state index contributed by atoms with van der Waals surface area (Å²) in [5.74, 6) is -2.39. The molecule has 0 spiro atoms. The fourth-order valence-electron chi connectivity index (χ4n) is 7.80. The smallest absolute Gasteiger partial charge is 0.315 e. The van der Waals surface area contributed by atoms with Crippen LogP contribution in [-0.2, 0) is 35.0 Å². The summed E-state index contributed by atoms with van der Waals surface area (Å²) in [4.78, 5) is 83.5. The van der Waals surface area contributed by atoms with Gasteiger partial charge in [0.05, 0.1) is 18.6 Å². The van der Waals surface area contributed by atoms with Gasteiger partial charge in [-0.3, -0.25) is 28.3 Å². The summed E-state index contributed by atoms with van der Waals surface area (Å²) in [5.41, 5.74) is -0.603. The van der Waals surface area contributed by atoms with Crippen LogP contribution in [0.1, 0.15) is 119 Å². The summed E-state index contributed by atoms with van der Waals surface area (Å²) < 4.78 is 14.1. The number of nitrogens with zero attached hydrogens (tertiary/aromatic N) is 2. The Balaban J connectivity index is 1.96. The minimum Gasteiger partial charge on any atom is -0.346 e. The lowest BCUT2D eigenvalue weighted by atomic mass is 9.70. The van der Waals surface area contributed by atoms with Crippen LogP contribution >= 0.6 is 0 Å². The second kappa shape index (κ2) is 19.9. The second-order valence-electron chi connectivity index (χ2n) is 17.1. The van der Waals surface area contributed by atoms with Gasteiger partial charge in [0.25, 0.3) is 5.91 Å². The molecule has 2 unspecified atom stereocenters. The van der Waals surface area contributed by atoms with Gasteiger partial charge >= 0.3 is 6.03 Å². The Morgan fingerprint density at radius 1 is 1.04 bits per heavy atom. The van der Waals surface area contributed by atoms with Crippen LogP contribution in [0.5, 0.6) is 0 Å². The molecule has 1 saturated carbocycles. The van der Waals surface area contributed by atoms with Crippen molar-refractivity contribution < 1.29 is 33.0 Å². The molecule has 2 heterocycles. The molecule has 13 nitrogen and oxygen atoms in total. The number of urea groups is 1. The summed E-state index contributed by atoms with van der Waals surface area (Å²) in [5, 5.41) is 11.3. The predicted octanol–water partition coefficient (Wildman–Crippen LogP) is 4.30. The summed E-state index contributed by atoms with van der Waals surface area (Å²) in [6.07, 6.45) is 8.69. The molecule has 3 rings (SSSR count). The molecular formula is C40H66N6O7S. The van der Waals surface area contributed by atoms with Gasteiger partial charge in [-0.15, -0.1) is 6.58 Å². The van der Waals surface area contributed by atoms with Crippen molar-refractivity contribution in [2.75, 3.05) is 25.4 Å². The zero-order chi connectivity index (χ0) is 40.4. The van der Waals surface area contributed by atoms with Gasteiger partial charge in [-0.1, -0.05) is 93.2 Å². The maximum atomic E-state index is 15.0. The monoisotopic (exact) mass is 774 g/mol. The Labute approximate surface area is 325 Å². The SMILES string of the molecule is C=CCNC(=O)C(=O)C(CCCC)NC(=O)[C@@H]1C(=C)[C@@H](CC(C)C)CN1C(=O)[C@@H](NC(=O)N[C@H](CN1C(=O)CCCS1=O)C(C)(C)C)C1(C)CCCCC1. The van der Waals surface area contributed by atoms with Crippen LogP contribution in [-0.4, -0.2) is 98.4 Å². The van der Waals surface area contributed by atoms with E-state index in [0.29, 0.717) is 49.9 Å². The van der Waals surface area contributed by atoms with E-state index < -0.39 is 75.5 Å². The highest BCUT2D eigenvalue weighted by Gasteiger charge is 2.50. The normalized spacial score (nSPS) is 23.3. The lowest BCUT2D eigenvalue weighted by Crippen LogP contribution is -2.63. The number of nitrogens with one attached hydrogen (secondary N) is 4. The second-order valence-corrected chi connectivity index (χ2v) is 18.6. The van der Waals surface area contributed by atoms with Gasteiger partial charge in [-0.25, -0.2) is 9.00 Å². The minimum absolute atomic E-state index is 0.0624. The van der Waals surface area contributed by atoms with Crippen LogP contribution in [0.25, 0.3) is 0 Å². The summed E-state index contributed by atoms with van der Waals surface area (Å²) >= 11 is 0. The Hall–Kier alpha value is -3.55. The molecule has 1 aliphatic carbocycles. The van der Waals surface area contributed by atoms with Crippen molar-refractivity contribution in [2.45, 2.75) is 143 Å². The van der Waals surface area contributed by atoms with E-state index in [-0.39, 0.29) is 43.8 Å². The fraction of sp³-hybridized carbons (Fsp3) is 0.750. The summed E-state index contributed by atoms with van der Waals surface area (Å²) in [7, 11) is -1.48. The van der Waals surface area contributed by atoms with Crippen molar-refractivity contribution in [1.29, 1.82) is 0 Å². The highest BCUT2D eigenvalue weighted by molar-refractivity contribution is 7.83. The first-order valence-electron chi connectivity index (χ1n) is 19.8. The topological polar surface area (TPSA) is 174 Å². The average molecular weight is 775 g/mol. The zero-order valence-electron chi connectivity index (χ0n) is 33.7. The van der Waals surface area contributed by atoms with Crippen molar-refractivity contribution in [3.8, 4) is 0 Å². The van der Waals surface area contributed by atoms with E-state index in [4.69, 9.17) is 0 Å². The molecule has 0 aromatic carbocycles. The van der Waals surface area contributed by atoms with Gasteiger partial charge in [-0.05, 0) is 60.3 Å². The van der Waals surface area contributed by atoms with Crippen molar-refractivity contribution in [3.05, 3.63) is 24.8 Å². The molecule has 3 fully saturated rings. The van der Waals surface area contributed by atoms with E-state index in [1.807, 2.05) is 34.6 Å². The van der Waals surface area contributed by atoms with Crippen molar-refractivity contribution in [1.82, 2.24) is 30.5 Å². The number of likely N-dealkylation sites (tertiary alicyclic amines) is 1. The van der Waals surface area contributed by atoms with E-state index in [1.54, 1.807) is 0 Å². The molecule has 6 atom stereocenters. The van der Waals surface area contributed by atoms with Crippen LogP contribution in [0.15, 0.2) is 24.8 Å². The zero-order valence-corrected chi connectivity index (χ0v) is 34.5. The van der Waals surface area contributed by atoms with E-state index >= 15 is 4.79 Å². The van der Waals surface area contributed by atoms with Crippen LogP contribution in [0.4, 0.5) is 4.79 Å². The van der Waals surface area contributed by atoms with Gasteiger partial charge in [-0.2, -0.15) is 0 Å². The number of Topliss-reactive ketones (excluding diaryl/α,β-unsaturated/α-hetero) is 1. The number of ketones is 1. The number of carbonyl (C=O) groups excluding carboxylic acids is 6. The molecule has 0 aromatic rings. The molecule has 3 aliphatic rings. The highest BCUT2D eigenvalue weighted by atomic mass is 32.2.